The lowest BCUT2D eigenvalue weighted by atomic mass is 10.2. The maximum Gasteiger partial charge on any atom is 0.141 e. The lowest BCUT2D eigenvalue weighted by molar-refractivity contribution is 0.540. The van der Waals surface area contributed by atoms with Gasteiger partial charge in [0.05, 0.1) is 16.5 Å². The molecule has 0 N–H and O–H groups in total. The van der Waals surface area contributed by atoms with Crippen LogP contribution in [-0.2, 0) is 0 Å². The van der Waals surface area contributed by atoms with Crippen LogP contribution in [0.4, 0.5) is 8.78 Å². The minimum atomic E-state index is -0.713. The van der Waals surface area contributed by atoms with Crippen molar-refractivity contribution in [3.05, 3.63) is 59.7 Å². The number of nitrogens with zero attached hydrogens (tertiary/aromatic N) is 1. The van der Waals surface area contributed by atoms with Crippen LogP contribution in [0, 0.1) is 23.0 Å². The maximum absolute atomic E-state index is 13.6. The van der Waals surface area contributed by atoms with Crippen molar-refractivity contribution in [3.63, 3.8) is 0 Å². The number of benzene rings is 2. The zero-order chi connectivity index (χ0) is 12.3. The minimum absolute atomic E-state index is 0.0163. The van der Waals surface area contributed by atoms with Crippen LogP contribution in [0.1, 0.15) is 5.56 Å². The van der Waals surface area contributed by atoms with Gasteiger partial charge in [0.15, 0.2) is 0 Å². The van der Waals surface area contributed by atoms with Crippen LogP contribution in [0.3, 0.4) is 0 Å². The third-order valence-electron chi connectivity index (χ3n) is 2.09. The molecule has 0 atom stereocenters. The van der Waals surface area contributed by atoms with Gasteiger partial charge in [-0.25, -0.2) is 8.78 Å². The molecule has 0 bridgehead atoms. The SMILES string of the molecule is N#Cc1cc(F)c(Sc2ccccc2)c(F)c1. The molecule has 4 heteroatoms. The van der Waals surface area contributed by atoms with Crippen molar-refractivity contribution in [1.82, 2.24) is 0 Å². The van der Waals surface area contributed by atoms with Crippen LogP contribution in [0.2, 0.25) is 0 Å². The van der Waals surface area contributed by atoms with Crippen molar-refractivity contribution in [3.8, 4) is 6.07 Å². The molecule has 0 aromatic heterocycles. The van der Waals surface area contributed by atoms with Gasteiger partial charge >= 0.3 is 0 Å². The Morgan fingerprint density at radius 3 is 2.12 bits per heavy atom. The van der Waals surface area contributed by atoms with Gasteiger partial charge in [-0.15, -0.1) is 0 Å². The highest BCUT2D eigenvalue weighted by atomic mass is 32.2. The average molecular weight is 247 g/mol. The van der Waals surface area contributed by atoms with E-state index in [1.165, 1.54) is 0 Å². The summed E-state index contributed by atoms with van der Waals surface area (Å²) in [5, 5.41) is 8.58. The molecule has 0 saturated carbocycles. The average Bonchev–Trinajstić information content (AvgIpc) is 2.35. The summed E-state index contributed by atoms with van der Waals surface area (Å²) >= 11 is 1.00. The second-order valence-corrected chi connectivity index (χ2v) is 4.38. The maximum atomic E-state index is 13.6. The molecule has 0 aliphatic heterocycles. The molecule has 0 radical (unpaired) electrons. The van der Waals surface area contributed by atoms with Crippen molar-refractivity contribution in [2.45, 2.75) is 9.79 Å². The second-order valence-electron chi connectivity index (χ2n) is 3.30. The fourth-order valence-corrected chi connectivity index (χ4v) is 2.17. The molecule has 0 aliphatic rings. The summed E-state index contributed by atoms with van der Waals surface area (Å²) in [6.45, 7) is 0. The van der Waals surface area contributed by atoms with Crippen LogP contribution in [-0.4, -0.2) is 0 Å². The Kier molecular flexibility index (Phi) is 3.40. The lowest BCUT2D eigenvalue weighted by Crippen LogP contribution is -1.90. The number of nitriles is 1. The molecular weight excluding hydrogens is 240 g/mol. The number of hydrogen-bond donors (Lipinski definition) is 0. The van der Waals surface area contributed by atoms with Gasteiger partial charge in [0.2, 0.25) is 0 Å². The van der Waals surface area contributed by atoms with Gasteiger partial charge in [-0.05, 0) is 24.3 Å². The highest BCUT2D eigenvalue weighted by Gasteiger charge is 2.12. The molecule has 2 aromatic rings. The fraction of sp³-hybridized carbons (Fsp3) is 0. The van der Waals surface area contributed by atoms with E-state index < -0.39 is 11.6 Å². The molecule has 0 fully saturated rings. The van der Waals surface area contributed by atoms with E-state index in [1.54, 1.807) is 30.3 Å². The van der Waals surface area contributed by atoms with E-state index in [9.17, 15) is 8.78 Å². The minimum Gasteiger partial charge on any atom is -0.206 e. The van der Waals surface area contributed by atoms with Gasteiger partial charge in [-0.2, -0.15) is 5.26 Å². The first-order valence-corrected chi connectivity index (χ1v) is 5.64. The first-order chi connectivity index (χ1) is 8.20. The molecule has 0 unspecified atom stereocenters. The summed E-state index contributed by atoms with van der Waals surface area (Å²) in [6, 6.07) is 12.7. The van der Waals surface area contributed by atoms with Gasteiger partial charge in [0, 0.05) is 4.90 Å². The third kappa shape index (κ3) is 2.63. The Hall–Kier alpha value is -1.86. The molecule has 0 saturated heterocycles. The first-order valence-electron chi connectivity index (χ1n) is 4.83. The normalized spacial score (nSPS) is 9.94. The Morgan fingerprint density at radius 1 is 1.00 bits per heavy atom. The summed E-state index contributed by atoms with van der Waals surface area (Å²) in [5.74, 6) is -1.43. The number of halogens is 2. The second kappa shape index (κ2) is 4.98. The van der Waals surface area contributed by atoms with E-state index in [2.05, 4.69) is 0 Å². The molecule has 1 nitrogen and oxygen atoms in total. The standard InChI is InChI=1S/C13H7F2NS/c14-11-6-9(8-16)7-12(15)13(11)17-10-4-2-1-3-5-10/h1-7H. The molecular formula is C13H7F2NS. The summed E-state index contributed by atoms with van der Waals surface area (Å²) in [5.41, 5.74) is -0.0163. The van der Waals surface area contributed by atoms with Crippen LogP contribution in [0.5, 0.6) is 0 Å². The van der Waals surface area contributed by atoms with E-state index in [0.717, 1.165) is 28.8 Å². The Labute approximate surface area is 102 Å². The summed E-state index contributed by atoms with van der Waals surface area (Å²) < 4.78 is 27.1. The fourth-order valence-electron chi connectivity index (χ4n) is 1.33. The van der Waals surface area contributed by atoms with Crippen molar-refractivity contribution in [1.29, 1.82) is 5.26 Å². The number of rotatable bonds is 2. The zero-order valence-electron chi connectivity index (χ0n) is 8.65. The summed E-state index contributed by atoms with van der Waals surface area (Å²) in [7, 11) is 0. The van der Waals surface area contributed by atoms with Crippen molar-refractivity contribution in [2.75, 3.05) is 0 Å². The van der Waals surface area contributed by atoms with Gasteiger partial charge in [0.1, 0.15) is 11.6 Å². The van der Waals surface area contributed by atoms with Crippen molar-refractivity contribution >= 4 is 11.8 Å². The van der Waals surface area contributed by atoms with E-state index >= 15 is 0 Å². The first kappa shape index (κ1) is 11.6. The number of hydrogen-bond acceptors (Lipinski definition) is 2. The topological polar surface area (TPSA) is 23.8 Å². The van der Waals surface area contributed by atoms with Gasteiger partial charge in [-0.3, -0.25) is 0 Å². The highest BCUT2D eigenvalue weighted by molar-refractivity contribution is 7.99. The van der Waals surface area contributed by atoms with Gasteiger partial charge in [-0.1, -0.05) is 30.0 Å². The quantitative estimate of drug-likeness (QED) is 0.801. The van der Waals surface area contributed by atoms with E-state index in [-0.39, 0.29) is 10.5 Å². The molecule has 84 valence electrons. The molecule has 0 spiro atoms. The molecule has 2 aromatic carbocycles. The van der Waals surface area contributed by atoms with E-state index in [0.29, 0.717) is 0 Å². The lowest BCUT2D eigenvalue weighted by Gasteiger charge is -2.04. The summed E-state index contributed by atoms with van der Waals surface area (Å²) in [4.78, 5) is 0.658. The zero-order valence-corrected chi connectivity index (χ0v) is 9.47. The van der Waals surface area contributed by atoms with Crippen LogP contribution < -0.4 is 0 Å². The smallest absolute Gasteiger partial charge is 0.141 e. The largest absolute Gasteiger partial charge is 0.206 e. The predicted molar refractivity (Wildman–Crippen MR) is 61.6 cm³/mol. The highest BCUT2D eigenvalue weighted by Crippen LogP contribution is 2.32. The summed E-state index contributed by atoms with van der Waals surface area (Å²) in [6.07, 6.45) is 0. The van der Waals surface area contributed by atoms with Crippen molar-refractivity contribution < 1.29 is 8.78 Å². The Bertz CT molecular complexity index is 553. The molecule has 2 rings (SSSR count). The van der Waals surface area contributed by atoms with Gasteiger partial charge < -0.3 is 0 Å². The third-order valence-corrected chi connectivity index (χ3v) is 3.19. The molecule has 0 amide bonds. The van der Waals surface area contributed by atoms with Gasteiger partial charge in [0.25, 0.3) is 0 Å². The predicted octanol–water partition coefficient (Wildman–Crippen LogP) is 3.99. The van der Waals surface area contributed by atoms with E-state index in [1.807, 2.05) is 6.07 Å². The molecule has 0 heterocycles. The van der Waals surface area contributed by atoms with Crippen molar-refractivity contribution in [2.24, 2.45) is 0 Å². The monoisotopic (exact) mass is 247 g/mol. The molecule has 0 aliphatic carbocycles. The Balaban J connectivity index is 2.38. The van der Waals surface area contributed by atoms with Crippen LogP contribution >= 0.6 is 11.8 Å². The van der Waals surface area contributed by atoms with Crippen LogP contribution in [0.15, 0.2) is 52.3 Å². The van der Waals surface area contributed by atoms with Crippen LogP contribution in [0.25, 0.3) is 0 Å². The Morgan fingerprint density at radius 2 is 1.59 bits per heavy atom. The molecule has 17 heavy (non-hydrogen) atoms. The van der Waals surface area contributed by atoms with E-state index in [4.69, 9.17) is 5.26 Å².